The first-order valence-corrected chi connectivity index (χ1v) is 7.33. The molecule has 0 radical (unpaired) electrons. The molecule has 0 bridgehead atoms. The summed E-state index contributed by atoms with van der Waals surface area (Å²) in [4.78, 5) is 14.1. The molecule has 0 saturated carbocycles. The Balaban J connectivity index is 1.73. The van der Waals surface area contributed by atoms with E-state index in [9.17, 15) is 4.79 Å². The maximum absolute atomic E-state index is 12.5. The van der Waals surface area contributed by atoms with Crippen LogP contribution in [0.5, 0.6) is 0 Å². The third-order valence-electron chi connectivity index (χ3n) is 3.61. The van der Waals surface area contributed by atoms with E-state index >= 15 is 0 Å². The molecule has 3 rings (SSSR count). The molecule has 0 N–H and O–H groups in total. The Kier molecular flexibility index (Phi) is 3.97. The third-order valence-corrected chi connectivity index (χ3v) is 3.61. The van der Waals surface area contributed by atoms with Gasteiger partial charge in [-0.3, -0.25) is 4.79 Å². The first-order valence-electron chi connectivity index (χ1n) is 7.33. The first-order chi connectivity index (χ1) is 11.0. The van der Waals surface area contributed by atoms with Crippen molar-refractivity contribution in [3.05, 3.63) is 65.3 Å². The number of nitrogens with zero attached hydrogens (tertiary/aromatic N) is 4. The maximum Gasteiger partial charge on any atom is 0.253 e. The van der Waals surface area contributed by atoms with Gasteiger partial charge in [-0.25, -0.2) is 4.68 Å². The zero-order valence-electron chi connectivity index (χ0n) is 13.4. The average molecular weight is 310 g/mol. The fourth-order valence-electron chi connectivity index (χ4n) is 2.41. The van der Waals surface area contributed by atoms with Gasteiger partial charge in [0.15, 0.2) is 0 Å². The quantitative estimate of drug-likeness (QED) is 0.743. The summed E-state index contributed by atoms with van der Waals surface area (Å²) in [5.41, 5.74) is 3.34. The zero-order chi connectivity index (χ0) is 16.4. The van der Waals surface area contributed by atoms with Crippen molar-refractivity contribution < 1.29 is 9.32 Å². The Morgan fingerprint density at radius 1 is 1.22 bits per heavy atom. The molecule has 118 valence electrons. The largest absolute Gasteiger partial charge is 0.361 e. The molecule has 0 unspecified atom stereocenters. The maximum atomic E-state index is 12.5. The van der Waals surface area contributed by atoms with Gasteiger partial charge in [-0.05, 0) is 44.2 Å². The molecule has 6 heteroatoms. The number of aromatic nitrogens is 3. The molecule has 0 spiro atoms. The van der Waals surface area contributed by atoms with Crippen molar-refractivity contribution in [2.75, 3.05) is 7.05 Å². The van der Waals surface area contributed by atoms with Gasteiger partial charge in [0, 0.05) is 30.6 Å². The summed E-state index contributed by atoms with van der Waals surface area (Å²) < 4.78 is 6.85. The Labute approximate surface area is 134 Å². The van der Waals surface area contributed by atoms with E-state index in [-0.39, 0.29) is 5.91 Å². The van der Waals surface area contributed by atoms with Crippen LogP contribution in [0.4, 0.5) is 0 Å². The molecule has 0 fully saturated rings. The second kappa shape index (κ2) is 6.08. The molecule has 0 aliphatic heterocycles. The smallest absolute Gasteiger partial charge is 0.253 e. The highest BCUT2D eigenvalue weighted by molar-refractivity contribution is 5.94. The van der Waals surface area contributed by atoms with Crippen molar-refractivity contribution in [2.24, 2.45) is 0 Å². The minimum absolute atomic E-state index is 0.0607. The van der Waals surface area contributed by atoms with Crippen molar-refractivity contribution in [3.63, 3.8) is 0 Å². The standard InChI is InChI=1S/C17H18N4O2/c1-12-8-9-18-21(12)16-6-4-14(5-7-16)17(22)20(3)11-15-10-13(2)23-19-15/h4-10H,11H2,1-3H3. The average Bonchev–Trinajstić information content (AvgIpc) is 3.15. The number of hydrogen-bond donors (Lipinski definition) is 0. The van der Waals surface area contributed by atoms with Gasteiger partial charge in [0.1, 0.15) is 11.5 Å². The topological polar surface area (TPSA) is 64.2 Å². The molecule has 2 aromatic heterocycles. The minimum Gasteiger partial charge on any atom is -0.361 e. The number of amides is 1. The number of rotatable bonds is 4. The van der Waals surface area contributed by atoms with Gasteiger partial charge in [0.25, 0.3) is 5.91 Å². The van der Waals surface area contributed by atoms with Crippen LogP contribution >= 0.6 is 0 Å². The molecule has 23 heavy (non-hydrogen) atoms. The van der Waals surface area contributed by atoms with E-state index in [0.717, 1.165) is 22.8 Å². The number of aryl methyl sites for hydroxylation is 2. The van der Waals surface area contributed by atoms with E-state index in [1.165, 1.54) is 0 Å². The first kappa shape index (κ1) is 15.0. The monoisotopic (exact) mass is 310 g/mol. The highest BCUT2D eigenvalue weighted by Crippen LogP contribution is 2.13. The van der Waals surface area contributed by atoms with E-state index in [2.05, 4.69) is 10.3 Å². The van der Waals surface area contributed by atoms with E-state index in [1.54, 1.807) is 18.1 Å². The lowest BCUT2D eigenvalue weighted by Crippen LogP contribution is -2.26. The van der Waals surface area contributed by atoms with E-state index in [1.807, 2.05) is 54.9 Å². The second-order valence-electron chi connectivity index (χ2n) is 5.52. The van der Waals surface area contributed by atoms with E-state index < -0.39 is 0 Å². The number of carbonyl (C=O) groups is 1. The Morgan fingerprint density at radius 2 is 1.96 bits per heavy atom. The van der Waals surface area contributed by atoms with Crippen LogP contribution in [-0.2, 0) is 6.54 Å². The van der Waals surface area contributed by atoms with Crippen LogP contribution in [0.1, 0.15) is 27.5 Å². The summed E-state index contributed by atoms with van der Waals surface area (Å²) in [6, 6.07) is 11.2. The summed E-state index contributed by atoms with van der Waals surface area (Å²) in [6.45, 7) is 4.23. The predicted molar refractivity (Wildman–Crippen MR) is 85.3 cm³/mol. The highest BCUT2D eigenvalue weighted by atomic mass is 16.5. The molecule has 0 aliphatic rings. The molecule has 0 saturated heterocycles. The normalized spacial score (nSPS) is 10.7. The molecule has 0 aliphatic carbocycles. The van der Waals surface area contributed by atoms with Crippen LogP contribution in [0.3, 0.4) is 0 Å². The predicted octanol–water partition coefficient (Wildman–Crippen LogP) is 2.75. The minimum atomic E-state index is -0.0607. The van der Waals surface area contributed by atoms with Crippen LogP contribution in [0.2, 0.25) is 0 Å². The molecular formula is C17H18N4O2. The number of carbonyl (C=O) groups excluding carboxylic acids is 1. The van der Waals surface area contributed by atoms with Crippen LogP contribution < -0.4 is 0 Å². The summed E-state index contributed by atoms with van der Waals surface area (Å²) in [6.07, 6.45) is 1.75. The van der Waals surface area contributed by atoms with Gasteiger partial charge in [-0.1, -0.05) is 5.16 Å². The van der Waals surface area contributed by atoms with Crippen LogP contribution in [0.15, 0.2) is 47.1 Å². The summed E-state index contributed by atoms with van der Waals surface area (Å²) in [5.74, 6) is 0.675. The van der Waals surface area contributed by atoms with Crippen molar-refractivity contribution in [2.45, 2.75) is 20.4 Å². The van der Waals surface area contributed by atoms with Gasteiger partial charge in [0.05, 0.1) is 12.2 Å². The van der Waals surface area contributed by atoms with Gasteiger partial charge >= 0.3 is 0 Å². The lowest BCUT2D eigenvalue weighted by molar-refractivity contribution is 0.0782. The van der Waals surface area contributed by atoms with Gasteiger partial charge in [-0.15, -0.1) is 0 Å². The van der Waals surface area contributed by atoms with Crippen molar-refractivity contribution >= 4 is 5.91 Å². The molecule has 1 amide bonds. The molecular weight excluding hydrogens is 292 g/mol. The fraction of sp³-hybridized carbons (Fsp3) is 0.235. The Bertz CT molecular complexity index is 817. The SMILES string of the molecule is Cc1cc(CN(C)C(=O)c2ccc(-n3nccc3C)cc2)no1. The fourth-order valence-corrected chi connectivity index (χ4v) is 2.41. The zero-order valence-corrected chi connectivity index (χ0v) is 13.4. The van der Waals surface area contributed by atoms with Crippen LogP contribution in [0.25, 0.3) is 5.69 Å². The lowest BCUT2D eigenvalue weighted by atomic mass is 10.1. The summed E-state index contributed by atoms with van der Waals surface area (Å²) in [5, 5.41) is 8.17. The number of hydrogen-bond acceptors (Lipinski definition) is 4. The second-order valence-corrected chi connectivity index (χ2v) is 5.52. The molecule has 3 aromatic rings. The van der Waals surface area contributed by atoms with Crippen LogP contribution in [-0.4, -0.2) is 32.8 Å². The summed E-state index contributed by atoms with van der Waals surface area (Å²) in [7, 11) is 1.75. The molecule has 2 heterocycles. The molecule has 1 aromatic carbocycles. The Morgan fingerprint density at radius 3 is 2.52 bits per heavy atom. The Hall–Kier alpha value is -2.89. The molecule has 0 atom stereocenters. The summed E-state index contributed by atoms with van der Waals surface area (Å²) >= 11 is 0. The van der Waals surface area contributed by atoms with Crippen molar-refractivity contribution in [3.8, 4) is 5.69 Å². The van der Waals surface area contributed by atoms with Gasteiger partial charge in [0.2, 0.25) is 0 Å². The van der Waals surface area contributed by atoms with Crippen LogP contribution in [0, 0.1) is 13.8 Å². The van der Waals surface area contributed by atoms with Crippen molar-refractivity contribution in [1.29, 1.82) is 0 Å². The van der Waals surface area contributed by atoms with Gasteiger partial charge in [-0.2, -0.15) is 5.10 Å². The molecule has 6 nitrogen and oxygen atoms in total. The lowest BCUT2D eigenvalue weighted by Gasteiger charge is -2.16. The van der Waals surface area contributed by atoms with E-state index in [4.69, 9.17) is 4.52 Å². The highest BCUT2D eigenvalue weighted by Gasteiger charge is 2.14. The number of benzene rings is 1. The van der Waals surface area contributed by atoms with Crippen molar-refractivity contribution in [1.82, 2.24) is 19.8 Å². The third kappa shape index (κ3) is 3.15. The van der Waals surface area contributed by atoms with Gasteiger partial charge < -0.3 is 9.42 Å². The van der Waals surface area contributed by atoms with E-state index in [0.29, 0.717) is 12.1 Å².